The maximum atomic E-state index is 12.7. The van der Waals surface area contributed by atoms with Crippen molar-refractivity contribution in [3.8, 4) is 0 Å². The van der Waals surface area contributed by atoms with E-state index in [4.69, 9.17) is 16.3 Å². The van der Waals surface area contributed by atoms with Crippen LogP contribution in [0.1, 0.15) is 22.0 Å². The average Bonchev–Trinajstić information content (AvgIpc) is 2.70. The number of amides is 1. The predicted octanol–water partition coefficient (Wildman–Crippen LogP) is 3.87. The number of ether oxygens (including phenoxy) is 1. The summed E-state index contributed by atoms with van der Waals surface area (Å²) in [6.07, 6.45) is 1.98. The van der Waals surface area contributed by atoms with Crippen LogP contribution in [0.4, 0.5) is 0 Å². The number of morpholine rings is 1. The van der Waals surface area contributed by atoms with Gasteiger partial charge in [0.05, 0.1) is 29.8 Å². The molecule has 1 aliphatic rings. The summed E-state index contributed by atoms with van der Waals surface area (Å²) in [5.74, 6) is -0.139. The molecule has 1 saturated heterocycles. The largest absolute Gasteiger partial charge is 0.379 e. The maximum absolute atomic E-state index is 12.7. The fourth-order valence-corrected chi connectivity index (χ4v) is 3.76. The highest BCUT2D eigenvalue weighted by Crippen LogP contribution is 2.24. The van der Waals surface area contributed by atoms with Gasteiger partial charge < -0.3 is 10.1 Å². The number of carbonyl (C=O) groups is 1. The van der Waals surface area contributed by atoms with Crippen molar-refractivity contribution in [2.45, 2.75) is 10.9 Å². The Balaban J connectivity index is 1.74. The molecule has 1 N–H and O–H groups in total. The summed E-state index contributed by atoms with van der Waals surface area (Å²) in [6.45, 7) is 3.69. The first kappa shape index (κ1) is 19.2. The standard InChI is InChI=1S/C20H23ClN2O2S/c1-26-16-7-8-18(21)17(13-16)20(24)22-14-19(15-5-3-2-4-6-15)23-9-11-25-12-10-23/h2-8,13,19H,9-12,14H2,1H3,(H,22,24). The Hall–Kier alpha value is -1.53. The minimum atomic E-state index is -0.139. The second kappa shape index (κ2) is 9.42. The first-order chi connectivity index (χ1) is 12.7. The molecule has 1 unspecified atom stereocenters. The predicted molar refractivity (Wildman–Crippen MR) is 107 cm³/mol. The molecule has 0 radical (unpaired) electrons. The van der Waals surface area contributed by atoms with E-state index in [9.17, 15) is 4.79 Å². The highest BCUT2D eigenvalue weighted by atomic mass is 35.5. The van der Waals surface area contributed by atoms with Crippen molar-refractivity contribution in [3.63, 3.8) is 0 Å². The zero-order valence-corrected chi connectivity index (χ0v) is 16.4. The zero-order valence-electron chi connectivity index (χ0n) is 14.8. The van der Waals surface area contributed by atoms with Crippen LogP contribution in [0.5, 0.6) is 0 Å². The van der Waals surface area contributed by atoms with E-state index in [-0.39, 0.29) is 11.9 Å². The second-order valence-electron chi connectivity index (χ2n) is 6.13. The fraction of sp³-hybridized carbons (Fsp3) is 0.350. The molecule has 0 spiro atoms. The molecular weight excluding hydrogens is 368 g/mol. The third-order valence-electron chi connectivity index (χ3n) is 4.54. The van der Waals surface area contributed by atoms with E-state index in [1.54, 1.807) is 17.8 Å². The van der Waals surface area contributed by atoms with E-state index in [1.807, 2.05) is 36.6 Å². The van der Waals surface area contributed by atoms with Crippen molar-refractivity contribution >= 4 is 29.3 Å². The number of nitrogens with one attached hydrogen (secondary N) is 1. The quantitative estimate of drug-likeness (QED) is 0.760. The molecule has 1 amide bonds. The van der Waals surface area contributed by atoms with Gasteiger partial charge in [0, 0.05) is 24.5 Å². The van der Waals surface area contributed by atoms with Crippen LogP contribution >= 0.6 is 23.4 Å². The van der Waals surface area contributed by atoms with Crippen LogP contribution in [-0.4, -0.2) is 49.9 Å². The Morgan fingerprint density at radius 1 is 1.23 bits per heavy atom. The number of nitrogens with zero attached hydrogens (tertiary/aromatic N) is 1. The summed E-state index contributed by atoms with van der Waals surface area (Å²) in [6, 6.07) is 15.9. The second-order valence-corrected chi connectivity index (χ2v) is 7.42. The molecule has 4 nitrogen and oxygen atoms in total. The van der Waals surface area contributed by atoms with Crippen LogP contribution in [0.15, 0.2) is 53.4 Å². The number of hydrogen-bond donors (Lipinski definition) is 1. The molecule has 2 aromatic carbocycles. The summed E-state index contributed by atoms with van der Waals surface area (Å²) in [4.78, 5) is 16.1. The highest BCUT2D eigenvalue weighted by Gasteiger charge is 2.23. The first-order valence-corrected chi connectivity index (χ1v) is 10.3. The Morgan fingerprint density at radius 2 is 1.96 bits per heavy atom. The molecule has 2 aromatic rings. The van der Waals surface area contributed by atoms with E-state index in [0.29, 0.717) is 17.1 Å². The van der Waals surface area contributed by atoms with Gasteiger partial charge in [-0.15, -0.1) is 11.8 Å². The van der Waals surface area contributed by atoms with Crippen molar-refractivity contribution in [1.29, 1.82) is 0 Å². The molecule has 3 rings (SSSR count). The first-order valence-electron chi connectivity index (χ1n) is 8.67. The van der Waals surface area contributed by atoms with Gasteiger partial charge >= 0.3 is 0 Å². The van der Waals surface area contributed by atoms with Gasteiger partial charge in [-0.1, -0.05) is 41.9 Å². The summed E-state index contributed by atoms with van der Waals surface area (Å²) in [5.41, 5.74) is 1.71. The molecule has 26 heavy (non-hydrogen) atoms. The molecule has 1 aliphatic heterocycles. The van der Waals surface area contributed by atoms with E-state index in [1.165, 1.54) is 5.56 Å². The average molecular weight is 391 g/mol. The number of halogens is 1. The van der Waals surface area contributed by atoms with Crippen molar-refractivity contribution < 1.29 is 9.53 Å². The van der Waals surface area contributed by atoms with E-state index >= 15 is 0 Å². The minimum absolute atomic E-state index is 0.117. The van der Waals surface area contributed by atoms with Crippen LogP contribution in [0.2, 0.25) is 5.02 Å². The third-order valence-corrected chi connectivity index (χ3v) is 5.60. The molecule has 1 fully saturated rings. The van der Waals surface area contributed by atoms with Gasteiger partial charge in [0.25, 0.3) is 5.91 Å². The maximum Gasteiger partial charge on any atom is 0.252 e. The molecular formula is C20H23ClN2O2S. The fourth-order valence-electron chi connectivity index (χ4n) is 3.11. The van der Waals surface area contributed by atoms with Crippen LogP contribution < -0.4 is 5.32 Å². The van der Waals surface area contributed by atoms with Gasteiger partial charge in [-0.05, 0) is 30.0 Å². The normalized spacial score (nSPS) is 16.2. The molecule has 0 aromatic heterocycles. The Bertz CT molecular complexity index is 736. The molecule has 6 heteroatoms. The SMILES string of the molecule is CSc1ccc(Cl)c(C(=O)NCC(c2ccccc2)N2CCOCC2)c1. The van der Waals surface area contributed by atoms with E-state index in [2.05, 4.69) is 22.3 Å². The molecule has 1 heterocycles. The lowest BCUT2D eigenvalue weighted by Gasteiger charge is -2.35. The lowest BCUT2D eigenvalue weighted by atomic mass is 10.0. The Kier molecular flexibility index (Phi) is 6.97. The van der Waals surface area contributed by atoms with E-state index in [0.717, 1.165) is 31.2 Å². The van der Waals surface area contributed by atoms with Gasteiger partial charge in [-0.3, -0.25) is 9.69 Å². The van der Waals surface area contributed by atoms with Gasteiger partial charge in [0.2, 0.25) is 0 Å². The number of thioether (sulfide) groups is 1. The number of benzene rings is 2. The molecule has 0 saturated carbocycles. The van der Waals surface area contributed by atoms with Gasteiger partial charge in [-0.25, -0.2) is 0 Å². The van der Waals surface area contributed by atoms with Crippen LogP contribution in [-0.2, 0) is 4.74 Å². The third kappa shape index (κ3) is 4.80. The summed E-state index contributed by atoms with van der Waals surface area (Å²) >= 11 is 7.82. The highest BCUT2D eigenvalue weighted by molar-refractivity contribution is 7.98. The van der Waals surface area contributed by atoms with Crippen LogP contribution in [0.3, 0.4) is 0 Å². The minimum Gasteiger partial charge on any atom is -0.379 e. The smallest absolute Gasteiger partial charge is 0.252 e. The lowest BCUT2D eigenvalue weighted by molar-refractivity contribution is 0.0162. The summed E-state index contributed by atoms with van der Waals surface area (Å²) in [7, 11) is 0. The monoisotopic (exact) mass is 390 g/mol. The van der Waals surface area contributed by atoms with Gasteiger partial charge in [0.15, 0.2) is 0 Å². The molecule has 0 bridgehead atoms. The zero-order chi connectivity index (χ0) is 18.4. The van der Waals surface area contributed by atoms with Crippen LogP contribution in [0, 0.1) is 0 Å². The van der Waals surface area contributed by atoms with E-state index < -0.39 is 0 Å². The molecule has 1 atom stereocenters. The number of hydrogen-bond acceptors (Lipinski definition) is 4. The van der Waals surface area contributed by atoms with Crippen molar-refractivity contribution in [2.24, 2.45) is 0 Å². The van der Waals surface area contributed by atoms with Gasteiger partial charge in [-0.2, -0.15) is 0 Å². The van der Waals surface area contributed by atoms with Crippen molar-refractivity contribution in [1.82, 2.24) is 10.2 Å². The number of carbonyl (C=O) groups excluding carboxylic acids is 1. The lowest BCUT2D eigenvalue weighted by Crippen LogP contribution is -2.43. The van der Waals surface area contributed by atoms with Crippen LogP contribution in [0.25, 0.3) is 0 Å². The Labute approximate surface area is 163 Å². The van der Waals surface area contributed by atoms with Gasteiger partial charge in [0.1, 0.15) is 0 Å². The summed E-state index contributed by atoms with van der Waals surface area (Å²) in [5, 5.41) is 3.55. The van der Waals surface area contributed by atoms with Crippen molar-refractivity contribution in [3.05, 3.63) is 64.7 Å². The molecule has 138 valence electrons. The van der Waals surface area contributed by atoms with Crippen molar-refractivity contribution in [2.75, 3.05) is 39.1 Å². The number of rotatable bonds is 6. The molecule has 0 aliphatic carbocycles. The topological polar surface area (TPSA) is 41.6 Å². The summed E-state index contributed by atoms with van der Waals surface area (Å²) < 4.78 is 5.47. The Morgan fingerprint density at radius 3 is 2.65 bits per heavy atom.